The number of thioether (sulfide) groups is 1. The lowest BCUT2D eigenvalue weighted by Gasteiger charge is -2.19. The number of carbonyl (C=O) groups excluding carboxylic acids is 1. The Hall–Kier alpha value is -0.220. The average Bonchev–Trinajstić information content (AvgIpc) is 2.78. The van der Waals surface area contributed by atoms with Gasteiger partial charge in [-0.15, -0.1) is 0 Å². The maximum atomic E-state index is 11.4. The Bertz CT molecular complexity index is 219. The fraction of sp³-hybridized carbons (Fsp3) is 0.900. The van der Waals surface area contributed by atoms with E-state index in [1.807, 2.05) is 25.6 Å². The first-order valence-electron chi connectivity index (χ1n) is 4.98. The van der Waals surface area contributed by atoms with Crippen molar-refractivity contribution in [2.75, 3.05) is 12.8 Å². The molecule has 0 saturated heterocycles. The lowest BCUT2D eigenvalue weighted by molar-refractivity contribution is -0.122. The summed E-state index contributed by atoms with van der Waals surface area (Å²) >= 11 is 1.85. The number of hydrogen-bond donors (Lipinski definition) is 2. The van der Waals surface area contributed by atoms with E-state index in [4.69, 9.17) is 5.73 Å². The number of amides is 1. The van der Waals surface area contributed by atoms with Crippen molar-refractivity contribution in [1.82, 2.24) is 5.32 Å². The fourth-order valence-electron chi connectivity index (χ4n) is 1.33. The zero-order chi connectivity index (χ0) is 10.8. The van der Waals surface area contributed by atoms with E-state index in [2.05, 4.69) is 11.6 Å². The highest BCUT2D eigenvalue weighted by Crippen LogP contribution is 2.46. The number of nitrogens with two attached hydrogens (primary N) is 1. The fourth-order valence-corrected chi connectivity index (χ4v) is 2.06. The van der Waals surface area contributed by atoms with E-state index in [0.29, 0.717) is 11.2 Å². The van der Waals surface area contributed by atoms with Gasteiger partial charge in [0.15, 0.2) is 0 Å². The van der Waals surface area contributed by atoms with Crippen molar-refractivity contribution in [2.24, 2.45) is 5.73 Å². The zero-order valence-corrected chi connectivity index (χ0v) is 10.0. The maximum Gasteiger partial charge on any atom is 0.221 e. The Morgan fingerprint density at radius 3 is 2.50 bits per heavy atom. The van der Waals surface area contributed by atoms with Crippen molar-refractivity contribution in [3.8, 4) is 0 Å². The van der Waals surface area contributed by atoms with Gasteiger partial charge in [0.1, 0.15) is 0 Å². The van der Waals surface area contributed by atoms with Gasteiger partial charge in [0.2, 0.25) is 5.91 Å². The van der Waals surface area contributed by atoms with Gasteiger partial charge in [-0.1, -0.05) is 0 Å². The lowest BCUT2D eigenvalue weighted by atomic mass is 10.0. The van der Waals surface area contributed by atoms with E-state index >= 15 is 0 Å². The van der Waals surface area contributed by atoms with Crippen LogP contribution < -0.4 is 11.1 Å². The zero-order valence-electron chi connectivity index (χ0n) is 9.22. The van der Waals surface area contributed by atoms with Crippen LogP contribution in [0.4, 0.5) is 0 Å². The molecule has 0 bridgehead atoms. The molecular weight excluding hydrogens is 196 g/mol. The van der Waals surface area contributed by atoms with Gasteiger partial charge in [0, 0.05) is 23.3 Å². The molecule has 1 fully saturated rings. The first kappa shape index (κ1) is 11.9. The van der Waals surface area contributed by atoms with E-state index in [9.17, 15) is 4.79 Å². The summed E-state index contributed by atoms with van der Waals surface area (Å²) in [5.41, 5.74) is 5.36. The summed E-state index contributed by atoms with van der Waals surface area (Å²) < 4.78 is 0.342. The third-order valence-electron chi connectivity index (χ3n) is 2.46. The molecule has 1 rings (SSSR count). The van der Waals surface area contributed by atoms with Crippen LogP contribution in [-0.4, -0.2) is 29.0 Å². The summed E-state index contributed by atoms with van der Waals surface area (Å²) in [5, 5.41) is 2.95. The molecule has 4 heteroatoms. The van der Waals surface area contributed by atoms with E-state index in [1.165, 1.54) is 12.8 Å². The maximum absolute atomic E-state index is 11.4. The molecule has 0 heterocycles. The Balaban J connectivity index is 2.22. The van der Waals surface area contributed by atoms with E-state index in [1.54, 1.807) is 0 Å². The monoisotopic (exact) mass is 216 g/mol. The smallest absolute Gasteiger partial charge is 0.221 e. The average molecular weight is 216 g/mol. The highest BCUT2D eigenvalue weighted by Gasteiger charge is 2.41. The van der Waals surface area contributed by atoms with Crippen LogP contribution in [0.2, 0.25) is 0 Å². The van der Waals surface area contributed by atoms with Crippen molar-refractivity contribution in [3.63, 3.8) is 0 Å². The number of nitrogens with one attached hydrogen (secondary N) is 1. The highest BCUT2D eigenvalue weighted by molar-refractivity contribution is 8.00. The second kappa shape index (κ2) is 4.11. The lowest BCUT2D eigenvalue weighted by Crippen LogP contribution is -2.41. The van der Waals surface area contributed by atoms with Gasteiger partial charge in [-0.05, 0) is 32.9 Å². The first-order valence-corrected chi connectivity index (χ1v) is 6.20. The van der Waals surface area contributed by atoms with Gasteiger partial charge in [0.25, 0.3) is 0 Å². The van der Waals surface area contributed by atoms with Gasteiger partial charge in [-0.2, -0.15) is 11.8 Å². The third kappa shape index (κ3) is 3.88. The quantitative estimate of drug-likeness (QED) is 0.724. The van der Waals surface area contributed by atoms with Crippen molar-refractivity contribution >= 4 is 17.7 Å². The Morgan fingerprint density at radius 2 is 2.14 bits per heavy atom. The second-order valence-electron chi connectivity index (χ2n) is 4.83. The summed E-state index contributed by atoms with van der Waals surface area (Å²) in [5.74, 6) is 0.0674. The molecule has 0 radical (unpaired) electrons. The summed E-state index contributed by atoms with van der Waals surface area (Å²) in [7, 11) is 0. The Labute approximate surface area is 90.2 Å². The Morgan fingerprint density at radius 1 is 1.57 bits per heavy atom. The predicted molar refractivity (Wildman–Crippen MR) is 61.4 cm³/mol. The van der Waals surface area contributed by atoms with Crippen LogP contribution in [0.1, 0.15) is 33.1 Å². The van der Waals surface area contributed by atoms with Gasteiger partial charge in [-0.25, -0.2) is 0 Å². The van der Waals surface area contributed by atoms with Crippen LogP contribution in [0.25, 0.3) is 0 Å². The van der Waals surface area contributed by atoms with Crippen LogP contribution in [0.5, 0.6) is 0 Å². The molecule has 14 heavy (non-hydrogen) atoms. The summed E-state index contributed by atoms with van der Waals surface area (Å²) in [6.07, 6.45) is 4.95. The molecule has 3 N–H and O–H groups in total. The molecular formula is C10H20N2OS. The minimum atomic E-state index is -0.403. The number of carbonyl (C=O) groups is 1. The van der Waals surface area contributed by atoms with Gasteiger partial charge in [-0.3, -0.25) is 4.79 Å². The molecule has 1 aliphatic carbocycles. The van der Waals surface area contributed by atoms with Gasteiger partial charge in [0.05, 0.1) is 0 Å². The molecule has 0 atom stereocenters. The molecule has 0 spiro atoms. The van der Waals surface area contributed by atoms with Gasteiger partial charge >= 0.3 is 0 Å². The van der Waals surface area contributed by atoms with Crippen LogP contribution in [-0.2, 0) is 4.79 Å². The summed E-state index contributed by atoms with van der Waals surface area (Å²) in [6, 6.07) is 0. The minimum Gasteiger partial charge on any atom is -0.355 e. The molecule has 0 aromatic heterocycles. The molecule has 0 aromatic carbocycles. The SMILES string of the molecule is CSC1(CNC(=O)CC(C)(C)N)CC1. The largest absolute Gasteiger partial charge is 0.355 e. The normalized spacial score (nSPS) is 19.1. The molecule has 0 aromatic rings. The molecule has 1 amide bonds. The molecule has 0 unspecified atom stereocenters. The van der Waals surface area contributed by atoms with Crippen LogP contribution in [0.15, 0.2) is 0 Å². The first-order chi connectivity index (χ1) is 6.37. The van der Waals surface area contributed by atoms with Crippen LogP contribution in [0.3, 0.4) is 0 Å². The number of hydrogen-bond acceptors (Lipinski definition) is 3. The van der Waals surface area contributed by atoms with Crippen LogP contribution in [0, 0.1) is 0 Å². The van der Waals surface area contributed by atoms with E-state index in [-0.39, 0.29) is 5.91 Å². The highest BCUT2D eigenvalue weighted by atomic mass is 32.2. The van der Waals surface area contributed by atoms with Crippen molar-refractivity contribution in [1.29, 1.82) is 0 Å². The van der Waals surface area contributed by atoms with E-state index < -0.39 is 5.54 Å². The second-order valence-corrected chi connectivity index (χ2v) is 6.10. The molecule has 82 valence electrons. The number of rotatable bonds is 5. The topological polar surface area (TPSA) is 55.1 Å². The molecule has 0 aliphatic heterocycles. The van der Waals surface area contributed by atoms with Crippen LogP contribution >= 0.6 is 11.8 Å². The van der Waals surface area contributed by atoms with Crippen molar-refractivity contribution in [3.05, 3.63) is 0 Å². The minimum absolute atomic E-state index is 0.0674. The van der Waals surface area contributed by atoms with Crippen molar-refractivity contribution < 1.29 is 4.79 Å². The standard InChI is InChI=1S/C10H20N2OS/c1-9(2,11)6-8(13)12-7-10(14-3)4-5-10/h4-7,11H2,1-3H3,(H,12,13). The predicted octanol–water partition coefficient (Wildman–Crippen LogP) is 1.13. The van der Waals surface area contributed by atoms with Gasteiger partial charge < -0.3 is 11.1 Å². The Kier molecular flexibility index (Phi) is 3.48. The molecule has 3 nitrogen and oxygen atoms in total. The summed E-state index contributed by atoms with van der Waals surface area (Å²) in [4.78, 5) is 11.4. The molecule has 1 aliphatic rings. The molecule has 1 saturated carbocycles. The third-order valence-corrected chi connectivity index (χ3v) is 3.88. The summed E-state index contributed by atoms with van der Waals surface area (Å²) in [6.45, 7) is 4.53. The van der Waals surface area contributed by atoms with E-state index in [0.717, 1.165) is 6.54 Å². The van der Waals surface area contributed by atoms with Crippen molar-refractivity contribution in [2.45, 2.75) is 43.4 Å².